The van der Waals surface area contributed by atoms with Crippen LogP contribution in [0.4, 0.5) is 0 Å². The van der Waals surface area contributed by atoms with Crippen molar-refractivity contribution in [2.45, 2.75) is 29.7 Å². The third-order valence-electron chi connectivity index (χ3n) is 3.19. The SMILES string of the molecule is CN(C1CCOCC1)S(=O)(=O)c1ccsc1CCl. The molecular formula is C11H16ClNO3S2. The van der Waals surface area contributed by atoms with Crippen molar-refractivity contribution in [3.05, 3.63) is 16.3 Å². The molecule has 1 aromatic heterocycles. The maximum absolute atomic E-state index is 12.5. The molecule has 2 heterocycles. The van der Waals surface area contributed by atoms with Crippen LogP contribution in [0.2, 0.25) is 0 Å². The van der Waals surface area contributed by atoms with Crippen LogP contribution < -0.4 is 0 Å². The maximum atomic E-state index is 12.5. The van der Waals surface area contributed by atoms with Crippen LogP contribution in [0, 0.1) is 0 Å². The normalized spacial score (nSPS) is 18.4. The van der Waals surface area contributed by atoms with E-state index in [9.17, 15) is 8.42 Å². The number of halogens is 1. The van der Waals surface area contributed by atoms with Gasteiger partial charge in [-0.2, -0.15) is 4.31 Å². The van der Waals surface area contributed by atoms with Crippen LogP contribution in [0.5, 0.6) is 0 Å². The van der Waals surface area contributed by atoms with Gasteiger partial charge in [-0.15, -0.1) is 22.9 Å². The molecule has 1 fully saturated rings. The highest BCUT2D eigenvalue weighted by atomic mass is 35.5. The molecule has 0 amide bonds. The molecule has 1 aliphatic rings. The molecule has 0 radical (unpaired) electrons. The van der Waals surface area contributed by atoms with Gasteiger partial charge in [0.2, 0.25) is 10.0 Å². The summed E-state index contributed by atoms with van der Waals surface area (Å²) in [4.78, 5) is 1.05. The molecule has 0 aromatic carbocycles. The van der Waals surface area contributed by atoms with Crippen LogP contribution in [-0.2, 0) is 20.6 Å². The number of nitrogens with zero attached hydrogens (tertiary/aromatic N) is 1. The fourth-order valence-corrected chi connectivity index (χ4v) is 5.14. The fourth-order valence-electron chi connectivity index (χ4n) is 2.06. The number of rotatable bonds is 4. The van der Waals surface area contributed by atoms with Crippen molar-refractivity contribution in [3.63, 3.8) is 0 Å². The van der Waals surface area contributed by atoms with E-state index < -0.39 is 10.0 Å². The summed E-state index contributed by atoms with van der Waals surface area (Å²) in [5.74, 6) is 0.230. The predicted octanol–water partition coefficient (Wildman–Crippen LogP) is 2.29. The van der Waals surface area contributed by atoms with Crippen molar-refractivity contribution in [2.75, 3.05) is 20.3 Å². The van der Waals surface area contributed by atoms with E-state index in [1.807, 2.05) is 0 Å². The van der Waals surface area contributed by atoms with Gasteiger partial charge >= 0.3 is 0 Å². The maximum Gasteiger partial charge on any atom is 0.244 e. The first-order chi connectivity index (χ1) is 8.57. The van der Waals surface area contributed by atoms with Gasteiger partial charge in [-0.3, -0.25) is 0 Å². The summed E-state index contributed by atoms with van der Waals surface area (Å²) < 4.78 is 31.7. The highest BCUT2D eigenvalue weighted by molar-refractivity contribution is 7.89. The Bertz CT molecular complexity index is 494. The molecule has 0 N–H and O–H groups in total. The first-order valence-electron chi connectivity index (χ1n) is 5.75. The molecule has 1 saturated heterocycles. The van der Waals surface area contributed by atoms with E-state index >= 15 is 0 Å². The lowest BCUT2D eigenvalue weighted by atomic mass is 10.1. The molecule has 102 valence electrons. The number of hydrogen-bond acceptors (Lipinski definition) is 4. The number of alkyl halides is 1. The highest BCUT2D eigenvalue weighted by Crippen LogP contribution is 2.28. The zero-order valence-electron chi connectivity index (χ0n) is 10.1. The third kappa shape index (κ3) is 2.72. The fraction of sp³-hybridized carbons (Fsp3) is 0.636. The standard InChI is InChI=1S/C11H16ClNO3S2/c1-13(9-2-5-16-6-3-9)18(14,15)11-4-7-17-10(11)8-12/h4,7,9H,2-3,5-6,8H2,1H3. The van der Waals surface area contributed by atoms with Crippen LogP contribution in [-0.4, -0.2) is 39.0 Å². The van der Waals surface area contributed by atoms with Crippen LogP contribution in [0.1, 0.15) is 17.7 Å². The lowest BCUT2D eigenvalue weighted by molar-refractivity contribution is 0.0632. The van der Waals surface area contributed by atoms with Gasteiger partial charge < -0.3 is 4.74 Å². The van der Waals surface area contributed by atoms with Crippen molar-refractivity contribution >= 4 is 33.0 Å². The molecule has 0 saturated carbocycles. The van der Waals surface area contributed by atoms with Gasteiger partial charge in [0.1, 0.15) is 0 Å². The third-order valence-corrected chi connectivity index (χ3v) is 6.66. The number of thiophene rings is 1. The van der Waals surface area contributed by atoms with Crippen LogP contribution in [0.3, 0.4) is 0 Å². The second kappa shape index (κ2) is 5.88. The van der Waals surface area contributed by atoms with Crippen molar-refractivity contribution in [1.82, 2.24) is 4.31 Å². The molecule has 0 spiro atoms. The number of ether oxygens (including phenoxy) is 1. The van der Waals surface area contributed by atoms with E-state index in [1.165, 1.54) is 15.6 Å². The Kier molecular flexibility index (Phi) is 4.66. The molecule has 0 bridgehead atoms. The Hall–Kier alpha value is -0.140. The molecule has 7 heteroatoms. The van der Waals surface area contributed by atoms with E-state index in [0.717, 1.165) is 12.8 Å². The van der Waals surface area contributed by atoms with E-state index in [-0.39, 0.29) is 11.9 Å². The average molecular weight is 310 g/mol. The topological polar surface area (TPSA) is 46.6 Å². The summed E-state index contributed by atoms with van der Waals surface area (Å²) in [7, 11) is -1.79. The van der Waals surface area contributed by atoms with Gasteiger partial charge in [0, 0.05) is 31.2 Å². The summed E-state index contributed by atoms with van der Waals surface area (Å²) in [6, 6.07) is 1.65. The number of sulfonamides is 1. The van der Waals surface area contributed by atoms with Gasteiger partial charge in [0.15, 0.2) is 0 Å². The molecule has 2 rings (SSSR count). The molecular weight excluding hydrogens is 294 g/mol. The largest absolute Gasteiger partial charge is 0.381 e. The molecule has 0 aliphatic carbocycles. The van der Waals surface area contributed by atoms with Gasteiger partial charge in [-0.05, 0) is 24.3 Å². The summed E-state index contributed by atoms with van der Waals surface area (Å²) in [6.45, 7) is 1.24. The Morgan fingerprint density at radius 1 is 1.50 bits per heavy atom. The number of hydrogen-bond donors (Lipinski definition) is 0. The summed E-state index contributed by atoms with van der Waals surface area (Å²) >= 11 is 7.16. The second-order valence-corrected chi connectivity index (χ2v) is 7.44. The Balaban J connectivity index is 2.24. The second-order valence-electron chi connectivity index (χ2n) is 4.21. The average Bonchev–Trinajstić information content (AvgIpc) is 2.88. The summed E-state index contributed by atoms with van der Waals surface area (Å²) in [5.41, 5.74) is 0. The smallest absolute Gasteiger partial charge is 0.244 e. The zero-order valence-corrected chi connectivity index (χ0v) is 12.5. The van der Waals surface area contributed by atoms with E-state index in [1.54, 1.807) is 18.5 Å². The quantitative estimate of drug-likeness (QED) is 0.802. The minimum Gasteiger partial charge on any atom is -0.381 e. The lowest BCUT2D eigenvalue weighted by Crippen LogP contribution is -2.40. The Labute approximate surface area is 117 Å². The Morgan fingerprint density at radius 3 is 2.78 bits per heavy atom. The van der Waals surface area contributed by atoms with Crippen LogP contribution >= 0.6 is 22.9 Å². The first kappa shape index (κ1) is 14.3. The first-order valence-corrected chi connectivity index (χ1v) is 8.61. The van der Waals surface area contributed by atoms with Crippen molar-refractivity contribution < 1.29 is 13.2 Å². The van der Waals surface area contributed by atoms with Crippen molar-refractivity contribution in [3.8, 4) is 0 Å². The van der Waals surface area contributed by atoms with Crippen LogP contribution in [0.15, 0.2) is 16.3 Å². The molecule has 0 atom stereocenters. The van der Waals surface area contributed by atoms with E-state index in [0.29, 0.717) is 23.0 Å². The zero-order chi connectivity index (χ0) is 13.2. The van der Waals surface area contributed by atoms with Gasteiger partial charge in [0.05, 0.1) is 10.8 Å². The lowest BCUT2D eigenvalue weighted by Gasteiger charge is -2.30. The van der Waals surface area contributed by atoms with Gasteiger partial charge in [-0.25, -0.2) is 8.42 Å². The minimum absolute atomic E-state index is 0.0202. The van der Waals surface area contributed by atoms with Crippen LogP contribution in [0.25, 0.3) is 0 Å². The molecule has 18 heavy (non-hydrogen) atoms. The predicted molar refractivity (Wildman–Crippen MR) is 72.7 cm³/mol. The van der Waals surface area contributed by atoms with Gasteiger partial charge in [0.25, 0.3) is 0 Å². The Morgan fingerprint density at radius 2 is 2.17 bits per heavy atom. The van der Waals surface area contributed by atoms with E-state index in [2.05, 4.69) is 0 Å². The van der Waals surface area contributed by atoms with Gasteiger partial charge in [-0.1, -0.05) is 0 Å². The molecule has 1 aromatic rings. The highest BCUT2D eigenvalue weighted by Gasteiger charge is 2.31. The summed E-state index contributed by atoms with van der Waals surface area (Å²) in [5, 5.41) is 1.77. The molecule has 1 aliphatic heterocycles. The minimum atomic E-state index is -3.43. The van der Waals surface area contributed by atoms with Crippen molar-refractivity contribution in [2.24, 2.45) is 0 Å². The molecule has 0 unspecified atom stereocenters. The summed E-state index contributed by atoms with van der Waals surface area (Å²) in [6.07, 6.45) is 1.49. The van der Waals surface area contributed by atoms with Crippen molar-refractivity contribution in [1.29, 1.82) is 0 Å². The van der Waals surface area contributed by atoms with E-state index in [4.69, 9.17) is 16.3 Å². The monoisotopic (exact) mass is 309 g/mol. The molecule has 4 nitrogen and oxygen atoms in total.